The summed E-state index contributed by atoms with van der Waals surface area (Å²) >= 11 is 0. The van der Waals surface area contributed by atoms with Crippen molar-refractivity contribution < 1.29 is 13.2 Å². The summed E-state index contributed by atoms with van der Waals surface area (Å²) in [5, 5.41) is 6.12. The number of benzene rings is 1. The SMILES string of the molecule is CCS(=O)(=O)c1ccc(NCC(=O)NC2CCCCC2C)cc1. The van der Waals surface area contributed by atoms with E-state index in [9.17, 15) is 13.2 Å². The summed E-state index contributed by atoms with van der Waals surface area (Å²) in [5.74, 6) is 0.599. The smallest absolute Gasteiger partial charge is 0.239 e. The number of rotatable bonds is 6. The molecule has 23 heavy (non-hydrogen) atoms. The van der Waals surface area contributed by atoms with E-state index in [2.05, 4.69) is 17.6 Å². The third kappa shape index (κ3) is 4.96. The molecule has 2 unspecified atom stereocenters. The van der Waals surface area contributed by atoms with E-state index < -0.39 is 9.84 Å². The molecule has 1 aliphatic rings. The predicted molar refractivity (Wildman–Crippen MR) is 92.2 cm³/mol. The number of sulfone groups is 1. The molecule has 1 saturated carbocycles. The molecule has 0 aromatic heterocycles. The van der Waals surface area contributed by atoms with E-state index >= 15 is 0 Å². The van der Waals surface area contributed by atoms with Crippen LogP contribution in [0.3, 0.4) is 0 Å². The fourth-order valence-corrected chi connectivity index (χ4v) is 3.80. The van der Waals surface area contributed by atoms with E-state index in [0.717, 1.165) is 12.1 Å². The van der Waals surface area contributed by atoms with Crippen LogP contribution in [0.1, 0.15) is 39.5 Å². The van der Waals surface area contributed by atoms with Gasteiger partial charge in [0.25, 0.3) is 0 Å². The van der Waals surface area contributed by atoms with Crippen LogP contribution in [0.5, 0.6) is 0 Å². The number of amides is 1. The molecule has 1 aliphatic carbocycles. The van der Waals surface area contributed by atoms with Crippen molar-refractivity contribution in [2.24, 2.45) is 5.92 Å². The van der Waals surface area contributed by atoms with Gasteiger partial charge in [-0.25, -0.2) is 8.42 Å². The highest BCUT2D eigenvalue weighted by molar-refractivity contribution is 7.91. The van der Waals surface area contributed by atoms with Gasteiger partial charge in [0.05, 0.1) is 17.2 Å². The summed E-state index contributed by atoms with van der Waals surface area (Å²) in [5.41, 5.74) is 0.742. The van der Waals surface area contributed by atoms with Gasteiger partial charge in [-0.3, -0.25) is 4.79 Å². The molecular formula is C17H26N2O3S. The molecule has 0 radical (unpaired) electrons. The molecule has 6 heteroatoms. The number of hydrogen-bond donors (Lipinski definition) is 2. The van der Waals surface area contributed by atoms with Crippen molar-refractivity contribution in [2.45, 2.75) is 50.5 Å². The summed E-state index contributed by atoms with van der Waals surface area (Å²) in [6, 6.07) is 6.80. The molecular weight excluding hydrogens is 312 g/mol. The second kappa shape index (κ2) is 7.81. The molecule has 0 bridgehead atoms. The molecule has 1 fully saturated rings. The van der Waals surface area contributed by atoms with Gasteiger partial charge in [0.1, 0.15) is 0 Å². The Balaban J connectivity index is 1.84. The Morgan fingerprint density at radius 2 is 1.83 bits per heavy atom. The van der Waals surface area contributed by atoms with Gasteiger partial charge in [0.2, 0.25) is 5.91 Å². The average molecular weight is 338 g/mol. The van der Waals surface area contributed by atoms with Crippen LogP contribution < -0.4 is 10.6 Å². The third-order valence-electron chi connectivity index (χ3n) is 4.50. The van der Waals surface area contributed by atoms with E-state index in [4.69, 9.17) is 0 Å². The maximum absolute atomic E-state index is 12.0. The first-order valence-corrected chi connectivity index (χ1v) is 9.93. The molecule has 1 amide bonds. The Kier molecular flexibility index (Phi) is 6.04. The Labute approximate surface area is 138 Å². The second-order valence-electron chi connectivity index (χ2n) is 6.22. The quantitative estimate of drug-likeness (QED) is 0.836. The zero-order valence-corrected chi connectivity index (χ0v) is 14.7. The molecule has 0 saturated heterocycles. The van der Waals surface area contributed by atoms with E-state index in [-0.39, 0.29) is 24.2 Å². The molecule has 1 aromatic carbocycles. The number of nitrogens with one attached hydrogen (secondary N) is 2. The summed E-state index contributed by atoms with van der Waals surface area (Å²) in [6.45, 7) is 4.01. The van der Waals surface area contributed by atoms with Crippen LogP contribution in [0.25, 0.3) is 0 Å². The van der Waals surface area contributed by atoms with E-state index in [1.807, 2.05) is 0 Å². The Bertz CT molecular complexity index is 626. The lowest BCUT2D eigenvalue weighted by Gasteiger charge is -2.29. The fraction of sp³-hybridized carbons (Fsp3) is 0.588. The number of carbonyl (C=O) groups excluding carboxylic acids is 1. The lowest BCUT2D eigenvalue weighted by molar-refractivity contribution is -0.120. The summed E-state index contributed by atoms with van der Waals surface area (Å²) in [7, 11) is -3.18. The van der Waals surface area contributed by atoms with Crippen molar-refractivity contribution in [1.82, 2.24) is 5.32 Å². The number of hydrogen-bond acceptors (Lipinski definition) is 4. The monoisotopic (exact) mass is 338 g/mol. The first-order valence-electron chi connectivity index (χ1n) is 8.28. The second-order valence-corrected chi connectivity index (χ2v) is 8.50. The highest BCUT2D eigenvalue weighted by atomic mass is 32.2. The molecule has 5 nitrogen and oxygen atoms in total. The van der Waals surface area contributed by atoms with E-state index in [0.29, 0.717) is 10.8 Å². The number of anilines is 1. The van der Waals surface area contributed by atoms with Gasteiger partial charge in [-0.1, -0.05) is 26.7 Å². The van der Waals surface area contributed by atoms with E-state index in [1.54, 1.807) is 31.2 Å². The van der Waals surface area contributed by atoms with Crippen molar-refractivity contribution in [1.29, 1.82) is 0 Å². The molecule has 1 aromatic rings. The van der Waals surface area contributed by atoms with Crippen molar-refractivity contribution in [3.8, 4) is 0 Å². The normalized spacial score (nSPS) is 21.7. The zero-order valence-electron chi connectivity index (χ0n) is 13.8. The molecule has 0 spiro atoms. The first kappa shape index (κ1) is 17.8. The van der Waals surface area contributed by atoms with Gasteiger partial charge in [-0.05, 0) is 43.0 Å². The van der Waals surface area contributed by atoms with Gasteiger partial charge in [0, 0.05) is 11.7 Å². The van der Waals surface area contributed by atoms with Crippen molar-refractivity contribution in [2.75, 3.05) is 17.6 Å². The number of carbonyl (C=O) groups is 1. The Morgan fingerprint density at radius 1 is 1.17 bits per heavy atom. The van der Waals surface area contributed by atoms with E-state index in [1.165, 1.54) is 19.3 Å². The molecule has 0 heterocycles. The van der Waals surface area contributed by atoms with Gasteiger partial charge in [-0.15, -0.1) is 0 Å². The molecule has 2 rings (SSSR count). The average Bonchev–Trinajstić information content (AvgIpc) is 2.55. The zero-order chi connectivity index (χ0) is 16.9. The summed E-state index contributed by atoms with van der Waals surface area (Å²) < 4.78 is 23.5. The minimum absolute atomic E-state index is 0.0194. The maximum Gasteiger partial charge on any atom is 0.239 e. The molecule has 128 valence electrons. The Hall–Kier alpha value is -1.56. The highest BCUT2D eigenvalue weighted by Gasteiger charge is 2.22. The van der Waals surface area contributed by atoms with Gasteiger partial charge in [0.15, 0.2) is 9.84 Å². The van der Waals surface area contributed by atoms with Crippen LogP contribution in [-0.4, -0.2) is 32.7 Å². The first-order chi connectivity index (χ1) is 10.9. The van der Waals surface area contributed by atoms with Crippen molar-refractivity contribution in [3.05, 3.63) is 24.3 Å². The van der Waals surface area contributed by atoms with Crippen LogP contribution >= 0.6 is 0 Å². The standard InChI is InChI=1S/C17H26N2O3S/c1-3-23(21,22)15-10-8-14(9-11-15)18-12-17(20)19-16-7-5-4-6-13(16)2/h8-11,13,16,18H,3-7,12H2,1-2H3,(H,19,20). The van der Waals surface area contributed by atoms with Crippen LogP contribution in [0.2, 0.25) is 0 Å². The summed E-state index contributed by atoms with van der Waals surface area (Å²) in [4.78, 5) is 12.3. The Morgan fingerprint density at radius 3 is 2.43 bits per heavy atom. The summed E-state index contributed by atoms with van der Waals surface area (Å²) in [6.07, 6.45) is 4.65. The van der Waals surface area contributed by atoms with Crippen molar-refractivity contribution in [3.63, 3.8) is 0 Å². The lowest BCUT2D eigenvalue weighted by atomic mass is 9.86. The minimum Gasteiger partial charge on any atom is -0.376 e. The largest absolute Gasteiger partial charge is 0.376 e. The van der Waals surface area contributed by atoms with Crippen LogP contribution in [0.15, 0.2) is 29.2 Å². The van der Waals surface area contributed by atoms with Crippen LogP contribution in [-0.2, 0) is 14.6 Å². The molecule has 0 aliphatic heterocycles. The minimum atomic E-state index is -3.18. The molecule has 2 atom stereocenters. The van der Waals surface area contributed by atoms with Crippen molar-refractivity contribution >= 4 is 21.4 Å². The van der Waals surface area contributed by atoms with Crippen LogP contribution in [0, 0.1) is 5.92 Å². The predicted octanol–water partition coefficient (Wildman–Crippen LogP) is 2.59. The highest BCUT2D eigenvalue weighted by Crippen LogP contribution is 2.23. The lowest BCUT2D eigenvalue weighted by Crippen LogP contribution is -2.43. The maximum atomic E-state index is 12.0. The van der Waals surface area contributed by atoms with Gasteiger partial charge in [-0.2, -0.15) is 0 Å². The fourth-order valence-electron chi connectivity index (χ4n) is 2.92. The van der Waals surface area contributed by atoms with Gasteiger partial charge < -0.3 is 10.6 Å². The topological polar surface area (TPSA) is 75.3 Å². The van der Waals surface area contributed by atoms with Gasteiger partial charge >= 0.3 is 0 Å². The molecule has 2 N–H and O–H groups in total. The third-order valence-corrected chi connectivity index (χ3v) is 6.25. The van der Waals surface area contributed by atoms with Crippen LogP contribution in [0.4, 0.5) is 5.69 Å².